The molecule has 3 rings (SSSR count). The minimum absolute atomic E-state index is 0.0721. The average molecular weight is 356 g/mol. The van der Waals surface area contributed by atoms with Crippen LogP contribution in [0.2, 0.25) is 0 Å². The Morgan fingerprint density at radius 2 is 2.15 bits per heavy atom. The normalized spacial score (nSPS) is 18.0. The number of amides is 1. The van der Waals surface area contributed by atoms with Gasteiger partial charge in [0.25, 0.3) is 0 Å². The fraction of sp³-hybridized carbons (Fsp3) is 0.550. The summed E-state index contributed by atoms with van der Waals surface area (Å²) in [5.74, 6) is 1.57. The quantitative estimate of drug-likeness (QED) is 0.796. The van der Waals surface area contributed by atoms with Crippen LogP contribution in [0.15, 0.2) is 28.8 Å². The molecule has 6 heteroatoms. The number of hydrogen-bond donors (Lipinski definition) is 0. The van der Waals surface area contributed by atoms with Crippen LogP contribution in [0.5, 0.6) is 0 Å². The van der Waals surface area contributed by atoms with Crippen LogP contribution >= 0.6 is 0 Å². The standard InChI is InChI=1S/C20H28N4O2/c1-4-24(5-2)20(25)17-10-7-11-23(13-17)14-18-21-19(22-26-18)16-9-6-8-15(3)12-16/h6,8-9,12,17H,4-5,7,10-11,13-14H2,1-3H3. The monoisotopic (exact) mass is 356 g/mol. The molecule has 1 unspecified atom stereocenters. The molecule has 1 aliphatic heterocycles. The van der Waals surface area contributed by atoms with Gasteiger partial charge in [-0.25, -0.2) is 0 Å². The Bertz CT molecular complexity index is 739. The molecule has 1 atom stereocenters. The van der Waals surface area contributed by atoms with Crippen molar-refractivity contribution in [2.75, 3.05) is 26.2 Å². The smallest absolute Gasteiger partial charge is 0.241 e. The van der Waals surface area contributed by atoms with E-state index in [4.69, 9.17) is 4.52 Å². The van der Waals surface area contributed by atoms with E-state index in [9.17, 15) is 4.79 Å². The summed E-state index contributed by atoms with van der Waals surface area (Å²) in [4.78, 5) is 21.3. The number of nitrogens with zero attached hydrogens (tertiary/aromatic N) is 4. The van der Waals surface area contributed by atoms with Crippen LogP contribution in [0.3, 0.4) is 0 Å². The lowest BCUT2D eigenvalue weighted by Crippen LogP contribution is -2.44. The van der Waals surface area contributed by atoms with Crippen molar-refractivity contribution in [3.8, 4) is 11.4 Å². The molecule has 0 saturated carbocycles. The van der Waals surface area contributed by atoms with Gasteiger partial charge in [-0.1, -0.05) is 28.9 Å². The molecule has 0 radical (unpaired) electrons. The van der Waals surface area contributed by atoms with Crippen LogP contribution in [0.25, 0.3) is 11.4 Å². The Morgan fingerprint density at radius 3 is 2.88 bits per heavy atom. The van der Waals surface area contributed by atoms with Gasteiger partial charge in [0.15, 0.2) is 0 Å². The Kier molecular flexibility index (Phi) is 6.04. The number of piperidine rings is 1. The van der Waals surface area contributed by atoms with Gasteiger partial charge in [0, 0.05) is 25.2 Å². The fourth-order valence-electron chi connectivity index (χ4n) is 3.61. The molecule has 6 nitrogen and oxygen atoms in total. The first-order valence-corrected chi connectivity index (χ1v) is 9.51. The van der Waals surface area contributed by atoms with Gasteiger partial charge in [-0.3, -0.25) is 9.69 Å². The van der Waals surface area contributed by atoms with Crippen molar-refractivity contribution in [2.45, 2.75) is 40.2 Å². The average Bonchev–Trinajstić information content (AvgIpc) is 3.11. The molecule has 0 bridgehead atoms. The minimum atomic E-state index is 0.0721. The summed E-state index contributed by atoms with van der Waals surface area (Å²) in [6, 6.07) is 8.08. The van der Waals surface area contributed by atoms with Crippen molar-refractivity contribution >= 4 is 5.91 Å². The van der Waals surface area contributed by atoms with Crippen LogP contribution in [0.4, 0.5) is 0 Å². The van der Waals surface area contributed by atoms with E-state index in [0.29, 0.717) is 18.3 Å². The SMILES string of the molecule is CCN(CC)C(=O)C1CCCN(Cc2nc(-c3cccc(C)c3)no2)C1. The molecule has 140 valence electrons. The van der Waals surface area contributed by atoms with E-state index < -0.39 is 0 Å². The van der Waals surface area contributed by atoms with Crippen LogP contribution in [0, 0.1) is 12.8 Å². The lowest BCUT2D eigenvalue weighted by atomic mass is 9.96. The van der Waals surface area contributed by atoms with E-state index in [1.165, 1.54) is 5.56 Å². The highest BCUT2D eigenvalue weighted by atomic mass is 16.5. The van der Waals surface area contributed by atoms with Crippen LogP contribution in [-0.4, -0.2) is 52.0 Å². The van der Waals surface area contributed by atoms with Crippen molar-refractivity contribution in [3.63, 3.8) is 0 Å². The second-order valence-corrected chi connectivity index (χ2v) is 6.97. The number of likely N-dealkylation sites (tertiary alicyclic amines) is 1. The summed E-state index contributed by atoms with van der Waals surface area (Å²) >= 11 is 0. The summed E-state index contributed by atoms with van der Waals surface area (Å²) in [5, 5.41) is 4.11. The maximum Gasteiger partial charge on any atom is 0.241 e. The van der Waals surface area contributed by atoms with Gasteiger partial charge < -0.3 is 9.42 Å². The molecule has 1 saturated heterocycles. The van der Waals surface area contributed by atoms with Gasteiger partial charge in [-0.15, -0.1) is 0 Å². The van der Waals surface area contributed by atoms with E-state index in [2.05, 4.69) is 15.0 Å². The van der Waals surface area contributed by atoms with Gasteiger partial charge in [0.05, 0.1) is 12.5 Å². The Hall–Kier alpha value is -2.21. The van der Waals surface area contributed by atoms with Crippen LogP contribution < -0.4 is 0 Å². The highest BCUT2D eigenvalue weighted by Gasteiger charge is 2.29. The maximum absolute atomic E-state index is 12.6. The van der Waals surface area contributed by atoms with Gasteiger partial charge in [-0.2, -0.15) is 4.98 Å². The molecule has 0 aliphatic carbocycles. The van der Waals surface area contributed by atoms with E-state index in [-0.39, 0.29) is 11.8 Å². The first-order chi connectivity index (χ1) is 12.6. The zero-order valence-electron chi connectivity index (χ0n) is 15.9. The third-order valence-electron chi connectivity index (χ3n) is 5.03. The number of carbonyl (C=O) groups excluding carboxylic acids is 1. The highest BCUT2D eigenvalue weighted by molar-refractivity contribution is 5.79. The lowest BCUT2D eigenvalue weighted by Gasteiger charge is -2.33. The zero-order chi connectivity index (χ0) is 18.5. The largest absolute Gasteiger partial charge is 0.343 e. The second-order valence-electron chi connectivity index (χ2n) is 6.97. The number of aromatic nitrogens is 2. The van der Waals surface area contributed by atoms with Gasteiger partial charge in [0.2, 0.25) is 17.6 Å². The number of carbonyl (C=O) groups is 1. The third kappa shape index (κ3) is 4.30. The number of rotatable bonds is 6. The van der Waals surface area contributed by atoms with Crippen molar-refractivity contribution < 1.29 is 9.32 Å². The van der Waals surface area contributed by atoms with Crippen molar-refractivity contribution in [1.82, 2.24) is 19.9 Å². The van der Waals surface area contributed by atoms with Crippen molar-refractivity contribution in [1.29, 1.82) is 0 Å². The summed E-state index contributed by atoms with van der Waals surface area (Å²) < 4.78 is 5.45. The molecule has 2 aromatic rings. The molecule has 26 heavy (non-hydrogen) atoms. The molecule has 1 aromatic heterocycles. The first-order valence-electron chi connectivity index (χ1n) is 9.51. The molecule has 1 aliphatic rings. The zero-order valence-corrected chi connectivity index (χ0v) is 15.9. The molecular formula is C20H28N4O2. The number of hydrogen-bond acceptors (Lipinski definition) is 5. The predicted molar refractivity (Wildman–Crippen MR) is 100 cm³/mol. The maximum atomic E-state index is 12.6. The van der Waals surface area contributed by atoms with E-state index in [0.717, 1.165) is 44.6 Å². The molecule has 1 fully saturated rings. The van der Waals surface area contributed by atoms with Crippen LogP contribution in [0.1, 0.15) is 38.1 Å². The van der Waals surface area contributed by atoms with E-state index in [1.54, 1.807) is 0 Å². The second kappa shape index (κ2) is 8.45. The summed E-state index contributed by atoms with van der Waals surface area (Å²) in [6.07, 6.45) is 1.99. The minimum Gasteiger partial charge on any atom is -0.343 e. The Balaban J connectivity index is 1.63. The highest BCUT2D eigenvalue weighted by Crippen LogP contribution is 2.22. The Morgan fingerprint density at radius 1 is 1.35 bits per heavy atom. The molecule has 1 aromatic carbocycles. The molecule has 1 amide bonds. The lowest BCUT2D eigenvalue weighted by molar-refractivity contribution is -0.137. The summed E-state index contributed by atoms with van der Waals surface area (Å²) in [6.45, 7) is 9.99. The molecule has 0 spiro atoms. The predicted octanol–water partition coefficient (Wildman–Crippen LogP) is 3.13. The fourth-order valence-corrected chi connectivity index (χ4v) is 3.61. The van der Waals surface area contributed by atoms with E-state index >= 15 is 0 Å². The van der Waals surface area contributed by atoms with Crippen molar-refractivity contribution in [2.24, 2.45) is 5.92 Å². The number of aryl methyl sites for hydroxylation is 1. The van der Waals surface area contributed by atoms with Gasteiger partial charge in [-0.05, 0) is 46.2 Å². The van der Waals surface area contributed by atoms with Crippen molar-refractivity contribution in [3.05, 3.63) is 35.7 Å². The summed E-state index contributed by atoms with van der Waals surface area (Å²) in [5.41, 5.74) is 2.14. The number of benzene rings is 1. The van der Waals surface area contributed by atoms with Gasteiger partial charge >= 0.3 is 0 Å². The topological polar surface area (TPSA) is 62.5 Å². The molecule has 2 heterocycles. The van der Waals surface area contributed by atoms with Crippen LogP contribution in [-0.2, 0) is 11.3 Å². The Labute approximate surface area is 155 Å². The first kappa shape index (κ1) is 18.6. The molecule has 0 N–H and O–H groups in total. The summed E-state index contributed by atoms with van der Waals surface area (Å²) in [7, 11) is 0. The third-order valence-corrected chi connectivity index (χ3v) is 5.03. The van der Waals surface area contributed by atoms with E-state index in [1.807, 2.05) is 49.9 Å². The van der Waals surface area contributed by atoms with Gasteiger partial charge in [0.1, 0.15) is 0 Å². The molecular weight excluding hydrogens is 328 g/mol.